The molecular formula is C19H30O3. The lowest BCUT2D eigenvalue weighted by Gasteiger charge is -2.29. The number of aldehydes is 1. The standard InChI is InChI=1S/C19H30O3/c1-6-17(13-15(4)11-12-20)8-9-18-16(5)7-10-19(22-18)21-14(2)3/h7-10,12-16,18-19H,6,11H2,1-5H3/b9-8+,17-13-/t15-,16+,18+,19?/m1/s1. The van der Waals surface area contributed by atoms with Gasteiger partial charge in [0.2, 0.25) is 0 Å². The summed E-state index contributed by atoms with van der Waals surface area (Å²) >= 11 is 0. The van der Waals surface area contributed by atoms with Gasteiger partial charge in [-0.25, -0.2) is 0 Å². The van der Waals surface area contributed by atoms with Gasteiger partial charge in [-0.05, 0) is 32.3 Å². The van der Waals surface area contributed by atoms with Gasteiger partial charge in [0, 0.05) is 12.3 Å². The number of allylic oxidation sites excluding steroid dienone is 3. The summed E-state index contributed by atoms with van der Waals surface area (Å²) in [5.41, 5.74) is 1.24. The average Bonchev–Trinajstić information content (AvgIpc) is 2.46. The minimum absolute atomic E-state index is 0.0186. The molecule has 0 bridgehead atoms. The van der Waals surface area contributed by atoms with Crippen LogP contribution in [-0.2, 0) is 14.3 Å². The number of hydrogen-bond acceptors (Lipinski definition) is 3. The number of hydrogen-bond donors (Lipinski definition) is 0. The third-order valence-corrected chi connectivity index (χ3v) is 3.66. The van der Waals surface area contributed by atoms with E-state index in [4.69, 9.17) is 9.47 Å². The summed E-state index contributed by atoms with van der Waals surface area (Å²) in [6.45, 7) is 10.3. The van der Waals surface area contributed by atoms with E-state index in [2.05, 4.69) is 45.1 Å². The Labute approximate surface area is 135 Å². The van der Waals surface area contributed by atoms with Gasteiger partial charge in [0.05, 0.1) is 12.2 Å². The molecule has 0 amide bonds. The molecule has 0 aromatic heterocycles. The molecule has 1 rings (SSSR count). The summed E-state index contributed by atoms with van der Waals surface area (Å²) < 4.78 is 11.7. The van der Waals surface area contributed by atoms with Crippen LogP contribution >= 0.6 is 0 Å². The van der Waals surface area contributed by atoms with E-state index in [1.807, 2.05) is 19.9 Å². The highest BCUT2D eigenvalue weighted by atomic mass is 16.7. The first-order chi connectivity index (χ1) is 10.5. The van der Waals surface area contributed by atoms with E-state index < -0.39 is 0 Å². The van der Waals surface area contributed by atoms with Gasteiger partial charge in [0.1, 0.15) is 6.29 Å². The number of ether oxygens (including phenoxy) is 2. The third kappa shape index (κ3) is 6.71. The topological polar surface area (TPSA) is 35.5 Å². The van der Waals surface area contributed by atoms with Crippen molar-refractivity contribution in [1.29, 1.82) is 0 Å². The van der Waals surface area contributed by atoms with E-state index >= 15 is 0 Å². The molecule has 4 atom stereocenters. The lowest BCUT2D eigenvalue weighted by molar-refractivity contribution is -0.162. The normalized spacial score (nSPS) is 27.5. The first-order valence-corrected chi connectivity index (χ1v) is 8.28. The molecule has 0 fully saturated rings. The van der Waals surface area contributed by atoms with Gasteiger partial charge < -0.3 is 14.3 Å². The van der Waals surface area contributed by atoms with E-state index in [-0.39, 0.29) is 24.4 Å². The fourth-order valence-corrected chi connectivity index (χ4v) is 2.36. The van der Waals surface area contributed by atoms with Crippen LogP contribution in [0.25, 0.3) is 0 Å². The van der Waals surface area contributed by atoms with Crippen molar-refractivity contribution in [3.8, 4) is 0 Å². The molecule has 0 aromatic carbocycles. The largest absolute Gasteiger partial charge is 0.346 e. The zero-order valence-electron chi connectivity index (χ0n) is 14.5. The fraction of sp³-hybridized carbons (Fsp3) is 0.632. The molecule has 1 aliphatic rings. The van der Waals surface area contributed by atoms with Gasteiger partial charge in [0.25, 0.3) is 0 Å². The second-order valence-electron chi connectivity index (χ2n) is 6.23. The van der Waals surface area contributed by atoms with Gasteiger partial charge in [-0.1, -0.05) is 50.6 Å². The number of rotatable bonds is 8. The van der Waals surface area contributed by atoms with E-state index in [0.29, 0.717) is 12.3 Å². The van der Waals surface area contributed by atoms with Gasteiger partial charge in [0.15, 0.2) is 6.29 Å². The average molecular weight is 306 g/mol. The highest BCUT2D eigenvalue weighted by molar-refractivity contribution is 5.50. The van der Waals surface area contributed by atoms with Crippen LogP contribution < -0.4 is 0 Å². The Balaban J connectivity index is 2.69. The molecule has 1 unspecified atom stereocenters. The van der Waals surface area contributed by atoms with Crippen LogP contribution in [0.2, 0.25) is 0 Å². The molecule has 3 nitrogen and oxygen atoms in total. The SMILES string of the molecule is CCC(=C/[C@H](C)CC=O)/C=C/[C@@H]1OC(OC(C)C)C=C[C@@H]1C. The molecule has 124 valence electrons. The lowest BCUT2D eigenvalue weighted by Crippen LogP contribution is -2.31. The summed E-state index contributed by atoms with van der Waals surface area (Å²) in [5.74, 6) is 0.604. The summed E-state index contributed by atoms with van der Waals surface area (Å²) in [4.78, 5) is 10.6. The van der Waals surface area contributed by atoms with Gasteiger partial charge in [-0.15, -0.1) is 0 Å². The molecule has 0 aromatic rings. The highest BCUT2D eigenvalue weighted by Crippen LogP contribution is 2.22. The van der Waals surface area contributed by atoms with Crippen LogP contribution in [0, 0.1) is 11.8 Å². The zero-order chi connectivity index (χ0) is 16.5. The van der Waals surface area contributed by atoms with Crippen LogP contribution in [0.5, 0.6) is 0 Å². The van der Waals surface area contributed by atoms with Crippen molar-refractivity contribution in [3.63, 3.8) is 0 Å². The molecular weight excluding hydrogens is 276 g/mol. The van der Waals surface area contributed by atoms with E-state index in [9.17, 15) is 4.79 Å². The molecule has 0 N–H and O–H groups in total. The van der Waals surface area contributed by atoms with Crippen LogP contribution in [0.3, 0.4) is 0 Å². The molecule has 1 aliphatic heterocycles. The molecule has 0 radical (unpaired) electrons. The van der Waals surface area contributed by atoms with Gasteiger partial charge >= 0.3 is 0 Å². The Bertz CT molecular complexity index is 420. The van der Waals surface area contributed by atoms with Crippen molar-refractivity contribution >= 4 is 6.29 Å². The maximum absolute atomic E-state index is 10.6. The van der Waals surface area contributed by atoms with Crippen molar-refractivity contribution in [3.05, 3.63) is 36.0 Å². The van der Waals surface area contributed by atoms with Crippen LogP contribution in [0.1, 0.15) is 47.5 Å². The lowest BCUT2D eigenvalue weighted by atomic mass is 9.98. The second kappa shape index (κ2) is 9.75. The van der Waals surface area contributed by atoms with Gasteiger partial charge in [-0.3, -0.25) is 0 Å². The van der Waals surface area contributed by atoms with E-state index in [1.165, 1.54) is 5.57 Å². The highest BCUT2D eigenvalue weighted by Gasteiger charge is 2.23. The Kier molecular flexibility index (Phi) is 8.36. The Morgan fingerprint density at radius 3 is 2.64 bits per heavy atom. The maximum atomic E-state index is 10.6. The summed E-state index contributed by atoms with van der Waals surface area (Å²) in [6, 6.07) is 0. The summed E-state index contributed by atoms with van der Waals surface area (Å²) in [5, 5.41) is 0. The maximum Gasteiger partial charge on any atom is 0.177 e. The zero-order valence-corrected chi connectivity index (χ0v) is 14.5. The Morgan fingerprint density at radius 1 is 1.32 bits per heavy atom. The molecule has 0 spiro atoms. The van der Waals surface area contributed by atoms with Crippen LogP contribution in [-0.4, -0.2) is 24.8 Å². The monoisotopic (exact) mass is 306 g/mol. The summed E-state index contributed by atoms with van der Waals surface area (Å²) in [6.07, 6.45) is 12.9. The molecule has 22 heavy (non-hydrogen) atoms. The van der Waals surface area contributed by atoms with Crippen molar-refractivity contribution in [1.82, 2.24) is 0 Å². The fourth-order valence-electron chi connectivity index (χ4n) is 2.36. The third-order valence-electron chi connectivity index (χ3n) is 3.66. The molecule has 3 heteroatoms. The predicted molar refractivity (Wildman–Crippen MR) is 90.5 cm³/mol. The molecule has 0 aliphatic carbocycles. The first-order valence-electron chi connectivity index (χ1n) is 8.28. The van der Waals surface area contributed by atoms with Gasteiger partial charge in [-0.2, -0.15) is 0 Å². The predicted octanol–water partition coefficient (Wildman–Crippen LogP) is 4.45. The molecule has 0 saturated carbocycles. The van der Waals surface area contributed by atoms with Crippen molar-refractivity contribution in [2.24, 2.45) is 11.8 Å². The summed E-state index contributed by atoms with van der Waals surface area (Å²) in [7, 11) is 0. The minimum atomic E-state index is -0.270. The Morgan fingerprint density at radius 2 is 2.05 bits per heavy atom. The van der Waals surface area contributed by atoms with E-state index in [0.717, 1.165) is 12.7 Å². The quantitative estimate of drug-likeness (QED) is 0.378. The number of carbonyl (C=O) groups excluding carboxylic acids is 1. The second-order valence-corrected chi connectivity index (χ2v) is 6.23. The van der Waals surface area contributed by atoms with Crippen LogP contribution in [0.15, 0.2) is 36.0 Å². The molecule has 1 heterocycles. The number of carbonyl (C=O) groups is 1. The van der Waals surface area contributed by atoms with E-state index in [1.54, 1.807) is 0 Å². The Hall–Kier alpha value is -1.19. The van der Waals surface area contributed by atoms with Crippen LogP contribution in [0.4, 0.5) is 0 Å². The first kappa shape index (κ1) is 18.9. The van der Waals surface area contributed by atoms with Crippen molar-refractivity contribution in [2.75, 3.05) is 0 Å². The minimum Gasteiger partial charge on any atom is -0.346 e. The molecule has 0 saturated heterocycles. The smallest absolute Gasteiger partial charge is 0.177 e. The van der Waals surface area contributed by atoms with Crippen molar-refractivity contribution in [2.45, 2.75) is 66.0 Å². The van der Waals surface area contributed by atoms with Crippen molar-refractivity contribution < 1.29 is 14.3 Å².